The summed E-state index contributed by atoms with van der Waals surface area (Å²) in [6, 6.07) is 24.7. The summed E-state index contributed by atoms with van der Waals surface area (Å²) in [4.78, 5) is -0.158. The molecule has 34 heavy (non-hydrogen) atoms. The molecule has 0 aromatic heterocycles. The van der Waals surface area contributed by atoms with Crippen molar-refractivity contribution in [3.05, 3.63) is 96.1 Å². The number of benzene rings is 4. The number of rotatable bonds is 4. The Balaban J connectivity index is 0.000000196. The van der Waals surface area contributed by atoms with Crippen molar-refractivity contribution in [2.24, 2.45) is 0 Å². The molecular formula is C25H28N6O2S. The monoisotopic (exact) mass is 476 g/mol. The maximum atomic E-state index is 12.5. The van der Waals surface area contributed by atoms with Crippen molar-refractivity contribution in [2.75, 3.05) is 34.4 Å². The fourth-order valence-corrected chi connectivity index (χ4v) is 4.78. The van der Waals surface area contributed by atoms with Crippen LogP contribution in [0.25, 0.3) is 0 Å². The van der Waals surface area contributed by atoms with Crippen molar-refractivity contribution in [1.82, 2.24) is 0 Å². The van der Waals surface area contributed by atoms with Crippen LogP contribution in [0.15, 0.2) is 94.7 Å². The molecule has 176 valence electrons. The van der Waals surface area contributed by atoms with Crippen molar-refractivity contribution in [1.29, 1.82) is 0 Å². The van der Waals surface area contributed by atoms with Crippen LogP contribution in [0, 0.1) is 0 Å². The highest BCUT2D eigenvalue weighted by molar-refractivity contribution is 7.91. The third-order valence-electron chi connectivity index (χ3n) is 5.15. The Morgan fingerprint density at radius 1 is 0.500 bits per heavy atom. The molecule has 0 aliphatic rings. The third kappa shape index (κ3) is 5.51. The average Bonchev–Trinajstić information content (AvgIpc) is 2.81. The molecule has 0 radical (unpaired) electrons. The summed E-state index contributed by atoms with van der Waals surface area (Å²) in [6.45, 7) is 0. The predicted molar refractivity (Wildman–Crippen MR) is 141 cm³/mol. The summed E-state index contributed by atoms with van der Waals surface area (Å²) < 4.78 is 25.0. The maximum Gasteiger partial charge on any atom is 0.210 e. The molecule has 0 aliphatic heterocycles. The zero-order valence-electron chi connectivity index (χ0n) is 18.5. The summed E-state index contributed by atoms with van der Waals surface area (Å²) >= 11 is 0. The van der Waals surface area contributed by atoms with E-state index in [1.165, 1.54) is 47.5 Å². The molecule has 0 aliphatic carbocycles. The van der Waals surface area contributed by atoms with Crippen molar-refractivity contribution in [3.63, 3.8) is 0 Å². The van der Waals surface area contributed by atoms with Gasteiger partial charge in [0.2, 0.25) is 9.84 Å². The molecule has 0 saturated carbocycles. The normalized spacial score (nSPS) is 10.8. The molecule has 0 atom stereocenters. The second kappa shape index (κ2) is 10.1. The first-order valence-electron chi connectivity index (χ1n) is 10.3. The zero-order chi connectivity index (χ0) is 24.9. The topological polar surface area (TPSA) is 190 Å². The van der Waals surface area contributed by atoms with Gasteiger partial charge in [-0.25, -0.2) is 8.42 Å². The smallest absolute Gasteiger partial charge is 0.210 e. The van der Waals surface area contributed by atoms with Crippen LogP contribution >= 0.6 is 0 Å². The Morgan fingerprint density at radius 2 is 0.853 bits per heavy atom. The summed E-state index contributed by atoms with van der Waals surface area (Å²) in [5.41, 5.74) is 38.4. The summed E-state index contributed by atoms with van der Waals surface area (Å²) in [5, 5.41) is 0. The molecule has 0 unspecified atom stereocenters. The van der Waals surface area contributed by atoms with E-state index in [0.29, 0.717) is 0 Å². The molecule has 4 rings (SSSR count). The van der Waals surface area contributed by atoms with Crippen LogP contribution in [-0.4, -0.2) is 8.42 Å². The Bertz CT molecular complexity index is 1290. The summed E-state index contributed by atoms with van der Waals surface area (Å²) in [6.07, 6.45) is 0.917. The standard InChI is InChI=1S/C13H14N2.C12H14N4O2S/c14-12-5-1-10(2-6-12)9-11-3-7-13(15)8-4-11;13-7-3-1-5-9(11(7)15)19(17,18)10-6-2-4-8(14)12(10)16/h1-8H,9,14-15H2;1-6H,13-16H2. The second-order valence-electron chi connectivity index (χ2n) is 7.68. The van der Waals surface area contributed by atoms with Gasteiger partial charge in [-0.2, -0.15) is 0 Å². The van der Waals surface area contributed by atoms with Crippen LogP contribution < -0.4 is 34.4 Å². The molecule has 8 nitrogen and oxygen atoms in total. The number of hydrogen-bond acceptors (Lipinski definition) is 8. The van der Waals surface area contributed by atoms with Gasteiger partial charge in [0.25, 0.3) is 0 Å². The van der Waals surface area contributed by atoms with E-state index in [2.05, 4.69) is 0 Å². The molecular weight excluding hydrogens is 448 g/mol. The first-order valence-corrected chi connectivity index (χ1v) is 11.8. The van der Waals surface area contributed by atoms with E-state index in [9.17, 15) is 8.42 Å². The van der Waals surface area contributed by atoms with Crippen molar-refractivity contribution in [2.45, 2.75) is 16.2 Å². The quantitative estimate of drug-likeness (QED) is 0.242. The van der Waals surface area contributed by atoms with Crippen LogP contribution in [0.3, 0.4) is 0 Å². The summed E-state index contributed by atoms with van der Waals surface area (Å²) in [5.74, 6) is 0. The van der Waals surface area contributed by atoms with Crippen LogP contribution in [-0.2, 0) is 16.3 Å². The number of para-hydroxylation sites is 2. The SMILES string of the molecule is Nc1ccc(Cc2ccc(N)cc2)cc1.Nc1cccc(S(=O)(=O)c2cccc(N)c2N)c1N. The largest absolute Gasteiger partial charge is 0.399 e. The van der Waals surface area contributed by atoms with Gasteiger partial charge in [0, 0.05) is 11.4 Å². The fourth-order valence-electron chi connectivity index (χ4n) is 3.22. The van der Waals surface area contributed by atoms with Crippen LogP contribution in [0.1, 0.15) is 11.1 Å². The third-order valence-corrected chi connectivity index (χ3v) is 7.02. The van der Waals surface area contributed by atoms with Gasteiger partial charge in [-0.05, 0) is 66.1 Å². The number of anilines is 6. The highest BCUT2D eigenvalue weighted by Crippen LogP contribution is 2.33. The molecule has 9 heteroatoms. The van der Waals surface area contributed by atoms with E-state index in [-0.39, 0.29) is 32.5 Å². The first-order chi connectivity index (χ1) is 16.1. The molecule has 0 fully saturated rings. The van der Waals surface area contributed by atoms with Gasteiger partial charge in [-0.15, -0.1) is 0 Å². The molecule has 12 N–H and O–H groups in total. The lowest BCUT2D eigenvalue weighted by Crippen LogP contribution is -2.10. The Hall–Kier alpha value is -4.37. The molecule has 4 aromatic rings. The number of hydrogen-bond donors (Lipinski definition) is 6. The highest BCUT2D eigenvalue weighted by atomic mass is 32.2. The van der Waals surface area contributed by atoms with Gasteiger partial charge in [-0.3, -0.25) is 0 Å². The molecule has 4 aromatic carbocycles. The van der Waals surface area contributed by atoms with E-state index in [1.54, 1.807) is 0 Å². The van der Waals surface area contributed by atoms with E-state index in [0.717, 1.165) is 17.8 Å². The molecule has 0 bridgehead atoms. The predicted octanol–water partition coefficient (Wildman–Crippen LogP) is 3.29. The lowest BCUT2D eigenvalue weighted by molar-refractivity contribution is 0.597. The van der Waals surface area contributed by atoms with E-state index >= 15 is 0 Å². The second-order valence-corrected chi connectivity index (χ2v) is 9.57. The fraction of sp³-hybridized carbons (Fsp3) is 0.0400. The minimum Gasteiger partial charge on any atom is -0.399 e. The first kappa shape index (κ1) is 24.3. The minimum absolute atomic E-state index is 0.00400. The number of sulfone groups is 1. The van der Waals surface area contributed by atoms with Crippen molar-refractivity contribution >= 4 is 44.0 Å². The highest BCUT2D eigenvalue weighted by Gasteiger charge is 2.24. The lowest BCUT2D eigenvalue weighted by atomic mass is 10.0. The Labute approximate surface area is 199 Å². The van der Waals surface area contributed by atoms with E-state index in [4.69, 9.17) is 34.4 Å². The maximum absolute atomic E-state index is 12.5. The van der Waals surface area contributed by atoms with Crippen LogP contribution in [0.5, 0.6) is 0 Å². The summed E-state index contributed by atoms with van der Waals surface area (Å²) in [7, 11) is -3.86. The van der Waals surface area contributed by atoms with Crippen LogP contribution in [0.2, 0.25) is 0 Å². The number of nitrogens with two attached hydrogens (primary N) is 6. The Morgan fingerprint density at radius 3 is 1.21 bits per heavy atom. The van der Waals surface area contributed by atoms with Crippen molar-refractivity contribution in [3.8, 4) is 0 Å². The van der Waals surface area contributed by atoms with Gasteiger partial charge < -0.3 is 34.4 Å². The van der Waals surface area contributed by atoms with Crippen molar-refractivity contribution < 1.29 is 8.42 Å². The van der Waals surface area contributed by atoms with Gasteiger partial charge >= 0.3 is 0 Å². The van der Waals surface area contributed by atoms with E-state index < -0.39 is 9.84 Å². The molecule has 0 amide bonds. The molecule has 0 heterocycles. The molecule has 0 spiro atoms. The van der Waals surface area contributed by atoms with E-state index in [1.807, 2.05) is 48.5 Å². The Kier molecular flexibility index (Phi) is 7.18. The lowest BCUT2D eigenvalue weighted by Gasteiger charge is -2.12. The van der Waals surface area contributed by atoms with Gasteiger partial charge in [0.15, 0.2) is 0 Å². The van der Waals surface area contributed by atoms with Crippen LogP contribution in [0.4, 0.5) is 34.1 Å². The average molecular weight is 477 g/mol. The zero-order valence-corrected chi connectivity index (χ0v) is 19.3. The van der Waals surface area contributed by atoms with Gasteiger partial charge in [0.05, 0.1) is 32.5 Å². The minimum atomic E-state index is -3.86. The van der Waals surface area contributed by atoms with Gasteiger partial charge in [-0.1, -0.05) is 36.4 Å². The molecule has 0 saturated heterocycles. The van der Waals surface area contributed by atoms with Gasteiger partial charge in [0.1, 0.15) is 0 Å². The number of nitrogen functional groups attached to an aromatic ring is 6.